The summed E-state index contributed by atoms with van der Waals surface area (Å²) in [5, 5.41) is 4.06. The van der Waals surface area contributed by atoms with Gasteiger partial charge < -0.3 is 14.7 Å². The van der Waals surface area contributed by atoms with Crippen LogP contribution in [0.1, 0.15) is 12.5 Å². The highest BCUT2D eigenvalue weighted by Crippen LogP contribution is 2.10. The van der Waals surface area contributed by atoms with Gasteiger partial charge in [0.25, 0.3) is 5.91 Å². The van der Waals surface area contributed by atoms with Crippen molar-refractivity contribution in [1.29, 1.82) is 0 Å². The van der Waals surface area contributed by atoms with E-state index in [2.05, 4.69) is 17.5 Å². The van der Waals surface area contributed by atoms with Crippen molar-refractivity contribution in [2.24, 2.45) is 5.10 Å². The fourth-order valence-electron chi connectivity index (χ4n) is 2.79. The summed E-state index contributed by atoms with van der Waals surface area (Å²) in [5.74, 6) is -0.0129. The molecule has 1 fully saturated rings. The normalized spacial score (nSPS) is 21.3. The summed E-state index contributed by atoms with van der Waals surface area (Å²) >= 11 is 0. The number of hydrogen-bond donors (Lipinski definition) is 3. The molecule has 0 aliphatic carbocycles. The van der Waals surface area contributed by atoms with Crippen LogP contribution in [0.15, 0.2) is 29.4 Å². The lowest BCUT2D eigenvalue weighted by Gasteiger charge is -2.28. The zero-order valence-corrected chi connectivity index (χ0v) is 14.4. The van der Waals surface area contributed by atoms with Crippen LogP contribution >= 0.6 is 0 Å². The molecule has 1 amide bonds. The quantitative estimate of drug-likeness (QED) is 0.420. The summed E-state index contributed by atoms with van der Waals surface area (Å²) in [5.41, 5.74) is 4.75. The van der Waals surface area contributed by atoms with Gasteiger partial charge in [0.15, 0.2) is 6.54 Å². The van der Waals surface area contributed by atoms with E-state index >= 15 is 0 Å². The number of carbonyl (C=O) groups excluding carboxylic acids is 1. The second-order valence-corrected chi connectivity index (χ2v) is 6.31. The zero-order valence-electron chi connectivity index (χ0n) is 14.4. The van der Waals surface area contributed by atoms with Gasteiger partial charge in [0.1, 0.15) is 26.2 Å². The van der Waals surface area contributed by atoms with E-state index < -0.39 is 0 Å². The minimum atomic E-state index is -0.0129. The van der Waals surface area contributed by atoms with Gasteiger partial charge in [0.05, 0.1) is 12.8 Å². The average molecular weight is 319 g/mol. The van der Waals surface area contributed by atoms with E-state index in [1.807, 2.05) is 43.3 Å². The van der Waals surface area contributed by atoms with Crippen molar-refractivity contribution in [1.82, 2.24) is 5.43 Å². The van der Waals surface area contributed by atoms with E-state index in [1.165, 1.54) is 11.4 Å². The minimum Gasteiger partial charge on any atom is -0.378 e. The molecule has 0 bridgehead atoms. The molecule has 2 rings (SSSR count). The number of rotatable bonds is 6. The number of nitrogens with zero attached hydrogens (tertiary/aromatic N) is 2. The van der Waals surface area contributed by atoms with E-state index in [4.69, 9.17) is 0 Å². The number of carbonyl (C=O) groups is 1. The van der Waals surface area contributed by atoms with Crippen LogP contribution in [0.2, 0.25) is 0 Å². The highest BCUT2D eigenvalue weighted by atomic mass is 16.2. The molecule has 0 spiro atoms. The fourth-order valence-corrected chi connectivity index (χ4v) is 2.79. The molecule has 3 N–H and O–H groups in total. The van der Waals surface area contributed by atoms with E-state index in [1.54, 1.807) is 11.1 Å². The third-order valence-electron chi connectivity index (χ3n) is 4.39. The van der Waals surface area contributed by atoms with Gasteiger partial charge in [-0.1, -0.05) is 12.1 Å². The third-order valence-corrected chi connectivity index (χ3v) is 4.39. The molecular formula is C17H29N5O+2. The predicted molar refractivity (Wildman–Crippen MR) is 93.3 cm³/mol. The lowest BCUT2D eigenvalue weighted by molar-refractivity contribution is -1.01. The second kappa shape index (κ2) is 8.64. The molecule has 126 valence electrons. The fraction of sp³-hybridized carbons (Fsp3) is 0.529. The Morgan fingerprint density at radius 1 is 1.17 bits per heavy atom. The number of anilines is 1. The Morgan fingerprint density at radius 3 is 2.35 bits per heavy atom. The highest BCUT2D eigenvalue weighted by molar-refractivity contribution is 5.83. The molecule has 0 unspecified atom stereocenters. The lowest BCUT2D eigenvalue weighted by atomic mass is 10.2. The van der Waals surface area contributed by atoms with Gasteiger partial charge in [-0.15, -0.1) is 0 Å². The first-order valence-electron chi connectivity index (χ1n) is 8.35. The molecule has 1 aliphatic rings. The summed E-state index contributed by atoms with van der Waals surface area (Å²) < 4.78 is 0. The van der Waals surface area contributed by atoms with Crippen LogP contribution in [0.25, 0.3) is 0 Å². The maximum atomic E-state index is 11.9. The van der Waals surface area contributed by atoms with Gasteiger partial charge in [-0.25, -0.2) is 5.43 Å². The first-order chi connectivity index (χ1) is 11.1. The summed E-state index contributed by atoms with van der Waals surface area (Å²) in [6.45, 7) is 8.33. The lowest BCUT2D eigenvalue weighted by Crippen LogP contribution is -3.28. The molecule has 1 aromatic rings. The van der Waals surface area contributed by atoms with Crippen LogP contribution in [0.4, 0.5) is 5.69 Å². The number of piperazine rings is 1. The van der Waals surface area contributed by atoms with E-state index in [0.29, 0.717) is 6.54 Å². The molecule has 1 saturated heterocycles. The largest absolute Gasteiger partial charge is 0.378 e. The summed E-state index contributed by atoms with van der Waals surface area (Å²) in [4.78, 5) is 17.0. The van der Waals surface area contributed by atoms with Crippen LogP contribution in [-0.2, 0) is 4.79 Å². The molecule has 1 aromatic carbocycles. The van der Waals surface area contributed by atoms with Crippen LogP contribution in [0.5, 0.6) is 0 Å². The van der Waals surface area contributed by atoms with Gasteiger partial charge in [0.2, 0.25) is 0 Å². The first kappa shape index (κ1) is 17.4. The Bertz CT molecular complexity index is 518. The van der Waals surface area contributed by atoms with Gasteiger partial charge in [-0.2, -0.15) is 5.10 Å². The molecule has 6 nitrogen and oxygen atoms in total. The monoisotopic (exact) mass is 319 g/mol. The number of amides is 1. The third kappa shape index (κ3) is 5.65. The SMILES string of the molecule is CC[NH+]1CC[NH+](CC(=O)N/N=C\c2ccc(N(C)C)cc2)CC1. The predicted octanol–water partition coefficient (Wildman–Crippen LogP) is -1.99. The first-order valence-corrected chi connectivity index (χ1v) is 8.35. The van der Waals surface area contributed by atoms with E-state index in [-0.39, 0.29) is 5.91 Å². The minimum absolute atomic E-state index is 0.0129. The van der Waals surface area contributed by atoms with E-state index in [9.17, 15) is 4.79 Å². The molecule has 0 saturated carbocycles. The molecule has 0 atom stereocenters. The van der Waals surface area contributed by atoms with Crippen molar-refractivity contribution < 1.29 is 14.6 Å². The summed E-state index contributed by atoms with van der Waals surface area (Å²) in [7, 11) is 4.01. The van der Waals surface area contributed by atoms with Gasteiger partial charge in [-0.05, 0) is 24.6 Å². The second-order valence-electron chi connectivity index (χ2n) is 6.31. The maximum absolute atomic E-state index is 11.9. The number of benzene rings is 1. The van der Waals surface area contributed by atoms with Crippen molar-refractivity contribution in [2.75, 3.05) is 58.3 Å². The van der Waals surface area contributed by atoms with Crippen LogP contribution in [0.3, 0.4) is 0 Å². The Kier molecular flexibility index (Phi) is 6.55. The van der Waals surface area contributed by atoms with Crippen molar-refractivity contribution in [2.45, 2.75) is 6.92 Å². The summed E-state index contributed by atoms with van der Waals surface area (Å²) in [6, 6.07) is 8.04. The van der Waals surface area contributed by atoms with Crippen molar-refractivity contribution in [3.8, 4) is 0 Å². The molecule has 1 heterocycles. The van der Waals surface area contributed by atoms with Crippen molar-refractivity contribution in [3.63, 3.8) is 0 Å². The topological polar surface area (TPSA) is 53.6 Å². The van der Waals surface area contributed by atoms with Gasteiger partial charge >= 0.3 is 0 Å². The Morgan fingerprint density at radius 2 is 1.78 bits per heavy atom. The van der Waals surface area contributed by atoms with Gasteiger partial charge in [0, 0.05) is 19.8 Å². The number of hydrazone groups is 1. The number of likely N-dealkylation sites (N-methyl/N-ethyl adjacent to an activating group) is 1. The molecule has 0 radical (unpaired) electrons. The standard InChI is InChI=1S/C17H27N5O/c1-4-21-9-11-22(12-10-21)14-17(23)19-18-13-15-5-7-16(8-6-15)20(2)3/h5-8,13H,4,9-12,14H2,1-3H3,(H,19,23)/p+2/b18-13-. The molecular weight excluding hydrogens is 290 g/mol. The van der Waals surface area contributed by atoms with Crippen LogP contribution < -0.4 is 20.1 Å². The van der Waals surface area contributed by atoms with Gasteiger partial charge in [-0.3, -0.25) is 4.79 Å². The zero-order chi connectivity index (χ0) is 16.7. The Hall–Kier alpha value is -1.92. The number of quaternary nitrogens is 2. The number of nitrogens with one attached hydrogen (secondary N) is 3. The van der Waals surface area contributed by atoms with Crippen molar-refractivity contribution >= 4 is 17.8 Å². The molecule has 23 heavy (non-hydrogen) atoms. The average Bonchev–Trinajstić information content (AvgIpc) is 2.56. The summed E-state index contributed by atoms with van der Waals surface area (Å²) in [6.07, 6.45) is 1.69. The van der Waals surface area contributed by atoms with E-state index in [0.717, 1.165) is 37.4 Å². The maximum Gasteiger partial charge on any atom is 0.295 e. The smallest absolute Gasteiger partial charge is 0.295 e. The molecule has 0 aromatic heterocycles. The Balaban J connectivity index is 1.73. The molecule has 6 heteroatoms. The van der Waals surface area contributed by atoms with Crippen molar-refractivity contribution in [3.05, 3.63) is 29.8 Å². The van der Waals surface area contributed by atoms with Crippen LogP contribution in [-0.4, -0.2) is 65.5 Å². The number of hydrogen-bond acceptors (Lipinski definition) is 3. The van der Waals surface area contributed by atoms with Crippen LogP contribution in [0, 0.1) is 0 Å². The Labute approximate surface area is 138 Å². The molecule has 1 aliphatic heterocycles. The highest BCUT2D eigenvalue weighted by Gasteiger charge is 2.23.